The van der Waals surface area contributed by atoms with Crippen molar-refractivity contribution in [2.45, 2.75) is 6.42 Å². The summed E-state index contributed by atoms with van der Waals surface area (Å²) in [5.41, 5.74) is 0. The van der Waals surface area contributed by atoms with Gasteiger partial charge in [0.05, 0.1) is 6.61 Å². The van der Waals surface area contributed by atoms with Crippen molar-refractivity contribution in [3.05, 3.63) is 30.1 Å². The Labute approximate surface area is 81.1 Å². The zero-order chi connectivity index (χ0) is 10.4. The molecule has 0 radical (unpaired) electrons. The molecule has 1 aromatic rings. The first-order valence-corrected chi connectivity index (χ1v) is 4.23. The maximum Gasteiger partial charge on any atom is 0.161 e. The van der Waals surface area contributed by atoms with Gasteiger partial charge in [-0.2, -0.15) is 0 Å². The maximum absolute atomic E-state index is 12.4. The molecule has 4 heteroatoms. The molecule has 0 unspecified atom stereocenters. The van der Waals surface area contributed by atoms with Crippen LogP contribution in [0.5, 0.6) is 5.75 Å². The SMILES string of the molecule is O=C(CO)CCOc1ccc(F)cc1. The van der Waals surface area contributed by atoms with Crippen molar-refractivity contribution in [1.82, 2.24) is 0 Å². The molecule has 0 amide bonds. The molecule has 1 rings (SSSR count). The number of hydrogen-bond donors (Lipinski definition) is 1. The zero-order valence-electron chi connectivity index (χ0n) is 7.57. The van der Waals surface area contributed by atoms with Crippen LogP contribution in [0, 0.1) is 5.82 Å². The second-order valence-corrected chi connectivity index (χ2v) is 2.75. The van der Waals surface area contributed by atoms with Crippen LogP contribution in [0.3, 0.4) is 0 Å². The standard InChI is InChI=1S/C10H11FO3/c11-8-1-3-10(4-2-8)14-6-5-9(13)7-12/h1-4,12H,5-7H2. The molecular formula is C10H11FO3. The summed E-state index contributed by atoms with van der Waals surface area (Å²) in [4.78, 5) is 10.7. The van der Waals surface area contributed by atoms with Gasteiger partial charge in [0.1, 0.15) is 18.2 Å². The monoisotopic (exact) mass is 198 g/mol. The van der Waals surface area contributed by atoms with E-state index >= 15 is 0 Å². The predicted molar refractivity (Wildman–Crippen MR) is 48.6 cm³/mol. The number of Topliss-reactive ketones (excluding diaryl/α,β-unsaturated/α-hetero) is 1. The summed E-state index contributed by atoms with van der Waals surface area (Å²) in [6, 6.07) is 5.53. The van der Waals surface area contributed by atoms with Gasteiger partial charge in [-0.05, 0) is 24.3 Å². The highest BCUT2D eigenvalue weighted by molar-refractivity contribution is 5.79. The first-order chi connectivity index (χ1) is 6.72. The summed E-state index contributed by atoms with van der Waals surface area (Å²) in [7, 11) is 0. The van der Waals surface area contributed by atoms with Crippen molar-refractivity contribution in [1.29, 1.82) is 0 Å². The minimum absolute atomic E-state index is 0.161. The Morgan fingerprint density at radius 1 is 1.36 bits per heavy atom. The average Bonchev–Trinajstić information content (AvgIpc) is 2.21. The van der Waals surface area contributed by atoms with E-state index < -0.39 is 6.61 Å². The fraction of sp³-hybridized carbons (Fsp3) is 0.300. The van der Waals surface area contributed by atoms with Crippen LogP contribution in [-0.2, 0) is 4.79 Å². The molecule has 3 nitrogen and oxygen atoms in total. The Bertz CT molecular complexity index is 295. The number of aliphatic hydroxyl groups excluding tert-OH is 1. The molecule has 0 heterocycles. The summed E-state index contributed by atoms with van der Waals surface area (Å²) >= 11 is 0. The lowest BCUT2D eigenvalue weighted by Gasteiger charge is -2.04. The van der Waals surface area contributed by atoms with E-state index in [9.17, 15) is 9.18 Å². The Balaban J connectivity index is 2.31. The third kappa shape index (κ3) is 3.53. The van der Waals surface area contributed by atoms with Gasteiger partial charge in [0.2, 0.25) is 0 Å². The largest absolute Gasteiger partial charge is 0.493 e. The average molecular weight is 198 g/mol. The highest BCUT2D eigenvalue weighted by Crippen LogP contribution is 2.10. The number of halogens is 1. The number of carbonyl (C=O) groups is 1. The molecule has 1 aromatic carbocycles. The minimum atomic E-state index is -0.465. The first-order valence-electron chi connectivity index (χ1n) is 4.23. The van der Waals surface area contributed by atoms with Gasteiger partial charge in [-0.1, -0.05) is 0 Å². The van der Waals surface area contributed by atoms with Crippen LogP contribution in [0.25, 0.3) is 0 Å². The van der Waals surface area contributed by atoms with Crippen molar-refractivity contribution >= 4 is 5.78 Å². The van der Waals surface area contributed by atoms with Gasteiger partial charge in [0.25, 0.3) is 0 Å². The van der Waals surface area contributed by atoms with Gasteiger partial charge in [-0.15, -0.1) is 0 Å². The van der Waals surface area contributed by atoms with E-state index in [0.29, 0.717) is 5.75 Å². The first kappa shape index (κ1) is 10.7. The number of hydrogen-bond acceptors (Lipinski definition) is 3. The third-order valence-electron chi connectivity index (χ3n) is 1.64. The summed E-state index contributed by atoms with van der Waals surface area (Å²) in [5.74, 6) is -0.0898. The smallest absolute Gasteiger partial charge is 0.161 e. The Morgan fingerprint density at radius 2 is 2.00 bits per heavy atom. The number of rotatable bonds is 5. The maximum atomic E-state index is 12.4. The summed E-state index contributed by atoms with van der Waals surface area (Å²) in [6.45, 7) is -0.266. The molecular weight excluding hydrogens is 187 g/mol. The van der Waals surface area contributed by atoms with Crippen LogP contribution in [0.1, 0.15) is 6.42 Å². The topological polar surface area (TPSA) is 46.5 Å². The van der Waals surface area contributed by atoms with E-state index in [2.05, 4.69) is 0 Å². The van der Waals surface area contributed by atoms with Crippen molar-refractivity contribution in [3.8, 4) is 5.75 Å². The van der Waals surface area contributed by atoms with Crippen LogP contribution in [-0.4, -0.2) is 24.1 Å². The highest BCUT2D eigenvalue weighted by Gasteiger charge is 2.00. The molecule has 0 atom stereocenters. The van der Waals surface area contributed by atoms with Crippen molar-refractivity contribution < 1.29 is 19.0 Å². The fourth-order valence-electron chi connectivity index (χ4n) is 0.893. The lowest BCUT2D eigenvalue weighted by atomic mass is 10.3. The van der Waals surface area contributed by atoms with Crippen LogP contribution < -0.4 is 4.74 Å². The molecule has 0 bridgehead atoms. The van der Waals surface area contributed by atoms with Gasteiger partial charge in [-0.3, -0.25) is 4.79 Å². The lowest BCUT2D eigenvalue weighted by Crippen LogP contribution is -2.09. The van der Waals surface area contributed by atoms with E-state index in [0.717, 1.165) is 0 Å². The van der Waals surface area contributed by atoms with Crippen LogP contribution in [0.2, 0.25) is 0 Å². The number of ether oxygens (including phenoxy) is 1. The van der Waals surface area contributed by atoms with Gasteiger partial charge in [0, 0.05) is 6.42 Å². The number of benzene rings is 1. The van der Waals surface area contributed by atoms with E-state index in [4.69, 9.17) is 9.84 Å². The fourth-order valence-corrected chi connectivity index (χ4v) is 0.893. The van der Waals surface area contributed by atoms with Crippen LogP contribution in [0.4, 0.5) is 4.39 Å². The van der Waals surface area contributed by atoms with E-state index in [1.165, 1.54) is 24.3 Å². The summed E-state index contributed by atoms with van der Waals surface area (Å²) in [5, 5.41) is 8.41. The molecule has 0 aromatic heterocycles. The third-order valence-corrected chi connectivity index (χ3v) is 1.64. The Hall–Kier alpha value is -1.42. The Morgan fingerprint density at radius 3 is 2.57 bits per heavy atom. The molecule has 0 aliphatic heterocycles. The molecule has 0 aliphatic rings. The van der Waals surface area contributed by atoms with Crippen molar-refractivity contribution in [2.24, 2.45) is 0 Å². The molecule has 0 saturated heterocycles. The zero-order valence-corrected chi connectivity index (χ0v) is 7.57. The van der Waals surface area contributed by atoms with E-state index in [1.54, 1.807) is 0 Å². The molecule has 0 fully saturated rings. The second-order valence-electron chi connectivity index (χ2n) is 2.75. The molecule has 76 valence electrons. The number of ketones is 1. The number of aliphatic hydroxyl groups is 1. The molecule has 14 heavy (non-hydrogen) atoms. The van der Waals surface area contributed by atoms with Gasteiger partial charge in [0.15, 0.2) is 5.78 Å². The highest BCUT2D eigenvalue weighted by atomic mass is 19.1. The molecule has 1 N–H and O–H groups in total. The van der Waals surface area contributed by atoms with E-state index in [1.807, 2.05) is 0 Å². The molecule has 0 aliphatic carbocycles. The van der Waals surface area contributed by atoms with Crippen LogP contribution >= 0.6 is 0 Å². The van der Waals surface area contributed by atoms with Crippen LogP contribution in [0.15, 0.2) is 24.3 Å². The minimum Gasteiger partial charge on any atom is -0.493 e. The molecule has 0 spiro atoms. The second kappa shape index (κ2) is 5.34. The van der Waals surface area contributed by atoms with Gasteiger partial charge in [-0.25, -0.2) is 4.39 Å². The quantitative estimate of drug-likeness (QED) is 0.772. The summed E-state index contributed by atoms with van der Waals surface area (Å²) < 4.78 is 17.6. The lowest BCUT2D eigenvalue weighted by molar-refractivity contribution is -0.122. The number of carbonyl (C=O) groups excluding carboxylic acids is 1. The van der Waals surface area contributed by atoms with Gasteiger partial charge >= 0.3 is 0 Å². The van der Waals surface area contributed by atoms with Crippen molar-refractivity contribution in [3.63, 3.8) is 0 Å². The van der Waals surface area contributed by atoms with Gasteiger partial charge < -0.3 is 9.84 Å². The van der Waals surface area contributed by atoms with E-state index in [-0.39, 0.29) is 24.6 Å². The summed E-state index contributed by atoms with van der Waals surface area (Å²) in [6.07, 6.45) is 0.161. The Kier molecular flexibility index (Phi) is 4.07. The normalized spacial score (nSPS) is 9.86. The van der Waals surface area contributed by atoms with Crippen molar-refractivity contribution in [2.75, 3.05) is 13.2 Å². The molecule has 0 saturated carbocycles. The predicted octanol–water partition coefficient (Wildman–Crippen LogP) is 1.16.